The molecule has 0 bridgehead atoms. The molecule has 2 aromatic carbocycles. The lowest BCUT2D eigenvalue weighted by Crippen LogP contribution is -2.49. The first-order valence-electron chi connectivity index (χ1n) is 17.5. The predicted molar refractivity (Wildman–Crippen MR) is 192 cm³/mol. The number of carbonyl (C=O) groups is 2. The van der Waals surface area contributed by atoms with Gasteiger partial charge < -0.3 is 29.2 Å². The topological polar surface area (TPSA) is 122 Å². The van der Waals surface area contributed by atoms with Crippen LogP contribution in [0.5, 0.6) is 5.75 Å². The molecule has 1 fully saturated rings. The molecule has 7 rings (SSSR count). The van der Waals surface area contributed by atoms with Gasteiger partial charge in [0, 0.05) is 81.1 Å². The van der Waals surface area contributed by atoms with Crippen molar-refractivity contribution >= 4 is 34.1 Å². The summed E-state index contributed by atoms with van der Waals surface area (Å²) in [6.45, 7) is 4.87. The standard InChI is InChI=1S/C38H39F3N8O4/c1-3-53-23-26-17-24(6-7-31(26)40)28-19-29(25-5-4-10-48(22-25)34(50)8-11-49-12-9-43-45-49)35(41)36-30(28)20-32(44-36)38(51)47-15-13-46(14-16-47)37-33(52-2)18-27(39)21-42-37/h5-7,9,12,17-21,44H,3-4,8,10-11,13-16,22-23H2,1-2H3. The zero-order chi connectivity index (χ0) is 37.1. The van der Waals surface area contributed by atoms with E-state index in [1.54, 1.807) is 51.1 Å². The van der Waals surface area contributed by atoms with Gasteiger partial charge in [0.2, 0.25) is 5.91 Å². The van der Waals surface area contributed by atoms with Crippen molar-refractivity contribution in [3.63, 3.8) is 0 Å². The molecule has 2 amide bonds. The lowest BCUT2D eigenvalue weighted by molar-refractivity contribution is -0.131. The number of aromatic nitrogens is 5. The van der Waals surface area contributed by atoms with Gasteiger partial charge in [0.1, 0.15) is 17.3 Å². The third kappa shape index (κ3) is 7.47. The number of ether oxygens (including phenoxy) is 2. The summed E-state index contributed by atoms with van der Waals surface area (Å²) in [7, 11) is 1.45. The number of nitrogens with zero attached hydrogens (tertiary/aromatic N) is 7. The number of fused-ring (bicyclic) bond motifs is 1. The number of methoxy groups -OCH3 is 1. The molecule has 2 aliphatic heterocycles. The minimum absolute atomic E-state index is 0.0619. The summed E-state index contributed by atoms with van der Waals surface area (Å²) in [5.41, 5.74) is 2.81. The molecule has 1 N–H and O–H groups in total. The van der Waals surface area contributed by atoms with Crippen LogP contribution in [0.4, 0.5) is 19.0 Å². The molecule has 5 heterocycles. The fourth-order valence-electron chi connectivity index (χ4n) is 6.88. The molecule has 53 heavy (non-hydrogen) atoms. The Kier molecular flexibility index (Phi) is 10.4. The third-order valence-corrected chi connectivity index (χ3v) is 9.66. The van der Waals surface area contributed by atoms with Gasteiger partial charge in [0.25, 0.3) is 5.91 Å². The molecule has 0 atom stereocenters. The smallest absolute Gasteiger partial charge is 0.270 e. The summed E-state index contributed by atoms with van der Waals surface area (Å²) in [5, 5.41) is 8.16. The summed E-state index contributed by atoms with van der Waals surface area (Å²) in [4.78, 5) is 39.7. The molecule has 1 saturated heterocycles. The van der Waals surface area contributed by atoms with Crippen LogP contribution in [0.3, 0.4) is 0 Å². The van der Waals surface area contributed by atoms with E-state index in [4.69, 9.17) is 9.47 Å². The van der Waals surface area contributed by atoms with Crippen LogP contribution >= 0.6 is 0 Å². The first-order chi connectivity index (χ1) is 25.7. The van der Waals surface area contributed by atoms with Crippen molar-refractivity contribution < 1.29 is 32.2 Å². The van der Waals surface area contributed by atoms with Gasteiger partial charge in [-0.1, -0.05) is 17.4 Å². The molecule has 0 spiro atoms. The number of hydrogen-bond donors (Lipinski definition) is 1. The van der Waals surface area contributed by atoms with Gasteiger partial charge in [0.05, 0.1) is 38.2 Å². The Labute approximate surface area is 303 Å². The highest BCUT2D eigenvalue weighted by Gasteiger charge is 2.29. The van der Waals surface area contributed by atoms with Crippen molar-refractivity contribution in [1.29, 1.82) is 0 Å². The molecule has 2 aliphatic rings. The average Bonchev–Trinajstić information content (AvgIpc) is 3.88. The van der Waals surface area contributed by atoms with Crippen molar-refractivity contribution in [2.45, 2.75) is 32.9 Å². The second kappa shape index (κ2) is 15.5. The van der Waals surface area contributed by atoms with E-state index in [9.17, 15) is 18.4 Å². The maximum Gasteiger partial charge on any atom is 0.270 e. The summed E-state index contributed by atoms with van der Waals surface area (Å²) in [6, 6.07) is 9.29. The van der Waals surface area contributed by atoms with Crippen molar-refractivity contribution in [2.75, 3.05) is 57.9 Å². The highest BCUT2D eigenvalue weighted by molar-refractivity contribution is 6.04. The Morgan fingerprint density at radius 2 is 1.81 bits per heavy atom. The van der Waals surface area contributed by atoms with E-state index in [0.29, 0.717) is 91.5 Å². The number of H-pyrrole nitrogens is 1. The molecule has 15 heteroatoms. The maximum atomic E-state index is 16.7. The SMILES string of the molecule is CCOCc1cc(-c2cc(C3=CCCN(C(=O)CCn4ccnn4)C3)c(F)c3[nH]c(C(=O)N4CCN(c5ncc(F)cc5OC)CC4)cc23)ccc1F. The number of aromatic amines is 1. The number of piperazine rings is 1. The second-order valence-electron chi connectivity index (χ2n) is 12.9. The molecule has 0 radical (unpaired) electrons. The van der Waals surface area contributed by atoms with Gasteiger partial charge >= 0.3 is 0 Å². The van der Waals surface area contributed by atoms with Crippen LogP contribution in [0.2, 0.25) is 0 Å². The molecule has 276 valence electrons. The second-order valence-corrected chi connectivity index (χ2v) is 12.9. The first kappa shape index (κ1) is 35.7. The minimum Gasteiger partial charge on any atom is -0.493 e. The van der Waals surface area contributed by atoms with Crippen LogP contribution in [-0.4, -0.2) is 99.6 Å². The Hall–Kier alpha value is -5.70. The van der Waals surface area contributed by atoms with E-state index < -0.39 is 17.5 Å². The van der Waals surface area contributed by atoms with E-state index in [1.807, 2.05) is 17.9 Å². The normalized spacial score (nSPS) is 14.9. The number of pyridine rings is 1. The number of aryl methyl sites for hydroxylation is 1. The predicted octanol–water partition coefficient (Wildman–Crippen LogP) is 5.45. The number of amides is 2. The van der Waals surface area contributed by atoms with Gasteiger partial charge in [0.15, 0.2) is 17.4 Å². The molecule has 0 unspecified atom stereocenters. The molecule has 0 saturated carbocycles. The van der Waals surface area contributed by atoms with E-state index in [2.05, 4.69) is 20.3 Å². The Bertz CT molecular complexity index is 2160. The Balaban J connectivity index is 1.20. The fraction of sp³-hybridized carbons (Fsp3) is 0.342. The lowest BCUT2D eigenvalue weighted by Gasteiger charge is -2.35. The molecular formula is C38H39F3N8O4. The zero-order valence-electron chi connectivity index (χ0n) is 29.4. The number of benzene rings is 2. The van der Waals surface area contributed by atoms with Crippen LogP contribution in [0.25, 0.3) is 27.6 Å². The van der Waals surface area contributed by atoms with Crippen LogP contribution < -0.4 is 9.64 Å². The highest BCUT2D eigenvalue weighted by atomic mass is 19.1. The molecule has 0 aliphatic carbocycles. The van der Waals surface area contributed by atoms with Gasteiger partial charge in [-0.05, 0) is 54.3 Å². The molecule has 12 nitrogen and oxygen atoms in total. The number of anilines is 1. The third-order valence-electron chi connectivity index (χ3n) is 9.66. The summed E-state index contributed by atoms with van der Waals surface area (Å²) in [5.74, 6) is -1.10. The Morgan fingerprint density at radius 3 is 2.57 bits per heavy atom. The number of hydrogen-bond acceptors (Lipinski definition) is 8. The van der Waals surface area contributed by atoms with Crippen LogP contribution in [0.1, 0.15) is 41.4 Å². The van der Waals surface area contributed by atoms with Crippen molar-refractivity contribution in [3.8, 4) is 16.9 Å². The monoisotopic (exact) mass is 728 g/mol. The van der Waals surface area contributed by atoms with E-state index in [-0.39, 0.29) is 48.2 Å². The van der Waals surface area contributed by atoms with E-state index in [1.165, 1.54) is 19.2 Å². The van der Waals surface area contributed by atoms with Gasteiger partial charge in [-0.3, -0.25) is 14.3 Å². The summed E-state index contributed by atoms with van der Waals surface area (Å²) < 4.78 is 57.8. The minimum atomic E-state index is -0.554. The van der Waals surface area contributed by atoms with Crippen molar-refractivity contribution in [1.82, 2.24) is 34.8 Å². The first-order valence-corrected chi connectivity index (χ1v) is 17.5. The van der Waals surface area contributed by atoms with Crippen LogP contribution in [0.15, 0.2) is 61.1 Å². The van der Waals surface area contributed by atoms with E-state index in [0.717, 1.165) is 6.20 Å². The largest absolute Gasteiger partial charge is 0.493 e. The highest BCUT2D eigenvalue weighted by Crippen LogP contribution is 2.38. The number of carbonyl (C=O) groups excluding carboxylic acids is 2. The van der Waals surface area contributed by atoms with Crippen LogP contribution in [0, 0.1) is 17.5 Å². The quantitative estimate of drug-likeness (QED) is 0.191. The van der Waals surface area contributed by atoms with Gasteiger partial charge in [-0.25, -0.2) is 18.2 Å². The van der Waals surface area contributed by atoms with Crippen LogP contribution in [-0.2, 0) is 22.7 Å². The zero-order valence-corrected chi connectivity index (χ0v) is 29.4. The van der Waals surface area contributed by atoms with Gasteiger partial charge in [-0.15, -0.1) is 5.10 Å². The van der Waals surface area contributed by atoms with E-state index >= 15 is 4.39 Å². The van der Waals surface area contributed by atoms with Crippen molar-refractivity contribution in [2.24, 2.45) is 0 Å². The summed E-state index contributed by atoms with van der Waals surface area (Å²) >= 11 is 0. The van der Waals surface area contributed by atoms with Gasteiger partial charge in [-0.2, -0.15) is 0 Å². The number of halogens is 3. The maximum absolute atomic E-state index is 16.7. The number of rotatable bonds is 11. The number of nitrogens with one attached hydrogen (secondary N) is 1. The van der Waals surface area contributed by atoms with Crippen molar-refractivity contribution in [3.05, 3.63) is 95.3 Å². The molecule has 5 aromatic rings. The fourth-order valence-corrected chi connectivity index (χ4v) is 6.88. The molecule has 3 aromatic heterocycles. The lowest BCUT2D eigenvalue weighted by atomic mass is 9.92. The average molecular weight is 729 g/mol. The Morgan fingerprint density at radius 1 is 0.981 bits per heavy atom. The summed E-state index contributed by atoms with van der Waals surface area (Å²) in [6.07, 6.45) is 7.04. The molecular weight excluding hydrogens is 689 g/mol.